The van der Waals surface area contributed by atoms with Crippen LogP contribution < -0.4 is 20.3 Å². The Labute approximate surface area is 163 Å². The highest BCUT2D eigenvalue weighted by molar-refractivity contribution is 5.96. The number of aromatic nitrogens is 2. The number of hydrogen-bond acceptors (Lipinski definition) is 7. The predicted molar refractivity (Wildman–Crippen MR) is 101 cm³/mol. The van der Waals surface area contributed by atoms with E-state index in [0.717, 1.165) is 0 Å². The van der Waals surface area contributed by atoms with Crippen molar-refractivity contribution in [2.45, 2.75) is 45.4 Å². The van der Waals surface area contributed by atoms with E-state index >= 15 is 0 Å². The van der Waals surface area contributed by atoms with E-state index in [1.165, 1.54) is 20.3 Å². The second-order valence-electron chi connectivity index (χ2n) is 7.19. The summed E-state index contributed by atoms with van der Waals surface area (Å²) in [6.45, 7) is 5.99. The van der Waals surface area contributed by atoms with Crippen LogP contribution in [0.2, 0.25) is 0 Å². The Balaban J connectivity index is 1.78. The topological polar surface area (TPSA) is 116 Å². The summed E-state index contributed by atoms with van der Waals surface area (Å²) in [5, 5.41) is 3.94. The molecule has 9 nitrogen and oxygen atoms in total. The van der Waals surface area contributed by atoms with Crippen molar-refractivity contribution < 1.29 is 23.6 Å². The van der Waals surface area contributed by atoms with Gasteiger partial charge >= 0.3 is 0 Å². The highest BCUT2D eigenvalue weighted by Crippen LogP contribution is 2.27. The largest absolute Gasteiger partial charge is 0.493 e. The zero-order valence-electron chi connectivity index (χ0n) is 16.8. The van der Waals surface area contributed by atoms with Crippen LogP contribution in [-0.4, -0.2) is 36.2 Å². The molecule has 2 aromatic rings. The Morgan fingerprint density at radius 2 is 1.82 bits per heavy atom. The minimum absolute atomic E-state index is 0.187. The molecule has 0 saturated heterocycles. The number of aryl methyl sites for hydroxylation is 1. The molecule has 1 aromatic carbocycles. The Hall–Kier alpha value is -3.10. The first-order valence-electron chi connectivity index (χ1n) is 8.89. The third-order valence-electron chi connectivity index (χ3n) is 3.89. The van der Waals surface area contributed by atoms with Crippen molar-refractivity contribution in [3.63, 3.8) is 0 Å². The van der Waals surface area contributed by atoms with Crippen molar-refractivity contribution in [3.8, 4) is 11.5 Å². The van der Waals surface area contributed by atoms with Crippen LogP contribution in [0.5, 0.6) is 11.5 Å². The molecule has 0 aliphatic heterocycles. The van der Waals surface area contributed by atoms with E-state index in [-0.39, 0.29) is 17.7 Å². The number of amides is 2. The Morgan fingerprint density at radius 3 is 2.43 bits per heavy atom. The van der Waals surface area contributed by atoms with Crippen LogP contribution in [0.15, 0.2) is 22.7 Å². The van der Waals surface area contributed by atoms with Gasteiger partial charge in [-0.15, -0.1) is 0 Å². The molecule has 0 radical (unpaired) electrons. The second kappa shape index (κ2) is 9.20. The van der Waals surface area contributed by atoms with E-state index in [0.29, 0.717) is 41.6 Å². The molecule has 2 amide bonds. The van der Waals surface area contributed by atoms with E-state index in [4.69, 9.17) is 14.0 Å². The molecule has 0 bridgehead atoms. The molecule has 2 rings (SSSR count). The van der Waals surface area contributed by atoms with Crippen LogP contribution in [0.1, 0.15) is 55.7 Å². The molecule has 9 heteroatoms. The SMILES string of the molecule is COc1ccc(C(=O)NNC(=O)CCCc2nc(C(C)(C)C)no2)cc1OC. The maximum absolute atomic E-state index is 12.2. The fraction of sp³-hybridized carbons (Fsp3) is 0.474. The van der Waals surface area contributed by atoms with E-state index < -0.39 is 5.91 Å². The monoisotopic (exact) mass is 390 g/mol. The third-order valence-corrected chi connectivity index (χ3v) is 3.89. The molecule has 0 saturated carbocycles. The fourth-order valence-electron chi connectivity index (χ4n) is 2.30. The number of nitrogens with one attached hydrogen (secondary N) is 2. The highest BCUT2D eigenvalue weighted by atomic mass is 16.5. The van der Waals surface area contributed by atoms with Gasteiger partial charge in [-0.1, -0.05) is 25.9 Å². The van der Waals surface area contributed by atoms with Crippen LogP contribution in [0.25, 0.3) is 0 Å². The lowest BCUT2D eigenvalue weighted by molar-refractivity contribution is -0.121. The summed E-state index contributed by atoms with van der Waals surface area (Å²) in [5.74, 6) is 1.29. The maximum atomic E-state index is 12.2. The molecule has 2 N–H and O–H groups in total. The number of carbonyl (C=O) groups is 2. The van der Waals surface area contributed by atoms with Crippen molar-refractivity contribution in [1.82, 2.24) is 21.0 Å². The number of carbonyl (C=O) groups excluding carboxylic acids is 2. The summed E-state index contributed by atoms with van der Waals surface area (Å²) in [6, 6.07) is 4.72. The van der Waals surface area contributed by atoms with Crippen LogP contribution in [0.4, 0.5) is 0 Å². The minimum Gasteiger partial charge on any atom is -0.493 e. The zero-order valence-corrected chi connectivity index (χ0v) is 16.8. The van der Waals surface area contributed by atoms with E-state index in [2.05, 4.69) is 21.0 Å². The van der Waals surface area contributed by atoms with Crippen molar-refractivity contribution in [1.29, 1.82) is 0 Å². The molecule has 28 heavy (non-hydrogen) atoms. The van der Waals surface area contributed by atoms with Crippen molar-refractivity contribution >= 4 is 11.8 Å². The molecular weight excluding hydrogens is 364 g/mol. The van der Waals surface area contributed by atoms with Crippen molar-refractivity contribution in [3.05, 3.63) is 35.5 Å². The number of methoxy groups -OCH3 is 2. The van der Waals surface area contributed by atoms with Gasteiger partial charge in [0, 0.05) is 23.8 Å². The average Bonchev–Trinajstić information content (AvgIpc) is 3.15. The summed E-state index contributed by atoms with van der Waals surface area (Å²) < 4.78 is 15.5. The van der Waals surface area contributed by atoms with Gasteiger partial charge in [0.25, 0.3) is 5.91 Å². The van der Waals surface area contributed by atoms with Gasteiger partial charge in [0.15, 0.2) is 17.3 Å². The lowest BCUT2D eigenvalue weighted by Gasteiger charge is -2.11. The Bertz CT molecular complexity index is 826. The number of hydrogen-bond donors (Lipinski definition) is 2. The fourth-order valence-corrected chi connectivity index (χ4v) is 2.30. The molecule has 0 fully saturated rings. The van der Waals surface area contributed by atoms with Crippen LogP contribution >= 0.6 is 0 Å². The molecule has 152 valence electrons. The third kappa shape index (κ3) is 5.70. The Kier molecular flexibility index (Phi) is 6.97. The van der Waals surface area contributed by atoms with Gasteiger partial charge in [-0.05, 0) is 24.6 Å². The minimum atomic E-state index is -0.457. The lowest BCUT2D eigenvalue weighted by Crippen LogP contribution is -2.41. The summed E-state index contributed by atoms with van der Waals surface area (Å²) >= 11 is 0. The van der Waals surface area contributed by atoms with Gasteiger partial charge in [-0.2, -0.15) is 4.98 Å². The first-order chi connectivity index (χ1) is 13.2. The summed E-state index contributed by atoms with van der Waals surface area (Å²) in [6.07, 6.45) is 1.21. The van der Waals surface area contributed by atoms with Gasteiger partial charge in [-0.25, -0.2) is 0 Å². The van der Waals surface area contributed by atoms with Gasteiger partial charge in [0.2, 0.25) is 11.8 Å². The van der Waals surface area contributed by atoms with E-state index in [1.54, 1.807) is 12.1 Å². The molecule has 1 aromatic heterocycles. The lowest BCUT2D eigenvalue weighted by atomic mass is 9.96. The molecule has 0 aliphatic rings. The van der Waals surface area contributed by atoms with Crippen molar-refractivity contribution in [2.24, 2.45) is 0 Å². The highest BCUT2D eigenvalue weighted by Gasteiger charge is 2.20. The summed E-state index contributed by atoms with van der Waals surface area (Å²) in [4.78, 5) is 28.4. The van der Waals surface area contributed by atoms with Crippen molar-refractivity contribution in [2.75, 3.05) is 14.2 Å². The van der Waals surface area contributed by atoms with Gasteiger partial charge in [-0.3, -0.25) is 20.4 Å². The molecule has 0 spiro atoms. The van der Waals surface area contributed by atoms with E-state index in [1.807, 2.05) is 20.8 Å². The standard InChI is InChI=1S/C19H26N4O5/c1-19(2,3)18-20-16(28-23-18)8-6-7-15(24)21-22-17(25)12-9-10-13(26-4)14(11-12)27-5/h9-11H,6-8H2,1-5H3,(H,21,24)(H,22,25). The zero-order chi connectivity index (χ0) is 20.7. The first-order valence-corrected chi connectivity index (χ1v) is 8.89. The Morgan fingerprint density at radius 1 is 1.11 bits per heavy atom. The van der Waals surface area contributed by atoms with Gasteiger partial charge in [0.05, 0.1) is 14.2 Å². The number of ether oxygens (including phenoxy) is 2. The molecule has 1 heterocycles. The van der Waals surface area contributed by atoms with Gasteiger partial charge < -0.3 is 14.0 Å². The second-order valence-corrected chi connectivity index (χ2v) is 7.19. The smallest absolute Gasteiger partial charge is 0.269 e. The quantitative estimate of drug-likeness (QED) is 0.696. The maximum Gasteiger partial charge on any atom is 0.269 e. The molecule has 0 atom stereocenters. The number of rotatable bonds is 7. The number of nitrogens with zero attached hydrogens (tertiary/aromatic N) is 2. The van der Waals surface area contributed by atoms with Crippen LogP contribution in [-0.2, 0) is 16.6 Å². The number of hydrazine groups is 1. The normalized spacial score (nSPS) is 11.0. The van der Waals surface area contributed by atoms with Crippen LogP contribution in [0.3, 0.4) is 0 Å². The van der Waals surface area contributed by atoms with E-state index in [9.17, 15) is 9.59 Å². The average molecular weight is 390 g/mol. The summed E-state index contributed by atoms with van der Waals surface area (Å²) in [7, 11) is 2.99. The molecular formula is C19H26N4O5. The number of benzene rings is 1. The molecule has 0 aliphatic carbocycles. The first kappa shape index (κ1) is 21.2. The van der Waals surface area contributed by atoms with Gasteiger partial charge in [0.1, 0.15) is 0 Å². The predicted octanol–water partition coefficient (Wildman–Crippen LogP) is 2.17. The van der Waals surface area contributed by atoms with Crippen LogP contribution in [0, 0.1) is 0 Å². The molecule has 0 unspecified atom stereocenters. The summed E-state index contributed by atoms with van der Waals surface area (Å²) in [5.41, 5.74) is 4.90.